The van der Waals surface area contributed by atoms with Crippen molar-refractivity contribution in [2.24, 2.45) is 5.41 Å². The number of nitrogens with zero attached hydrogens (tertiary/aromatic N) is 2. The van der Waals surface area contributed by atoms with E-state index < -0.39 is 11.4 Å². The number of carboxylic acids is 1. The number of urea groups is 1. The third-order valence-corrected chi connectivity index (χ3v) is 4.60. The number of hydrogen-bond donors (Lipinski definition) is 2. The van der Waals surface area contributed by atoms with Gasteiger partial charge in [0.05, 0.1) is 5.41 Å². The second-order valence-corrected chi connectivity index (χ2v) is 6.10. The average Bonchev–Trinajstić information content (AvgIpc) is 2.80. The van der Waals surface area contributed by atoms with Gasteiger partial charge in [-0.1, -0.05) is 12.8 Å². The van der Waals surface area contributed by atoms with E-state index in [0.29, 0.717) is 19.4 Å². The van der Waals surface area contributed by atoms with Crippen LogP contribution in [-0.4, -0.2) is 66.7 Å². The molecule has 0 unspecified atom stereocenters. The summed E-state index contributed by atoms with van der Waals surface area (Å²) in [6, 6.07) is -0.118. The Morgan fingerprint density at radius 2 is 1.80 bits per heavy atom. The number of hydrogen-bond acceptors (Lipinski definition) is 3. The van der Waals surface area contributed by atoms with Gasteiger partial charge in [-0.3, -0.25) is 4.79 Å². The van der Waals surface area contributed by atoms with Crippen LogP contribution in [-0.2, 0) is 4.79 Å². The molecule has 1 heterocycles. The predicted octanol–water partition coefficient (Wildman–Crippen LogP) is 0.978. The van der Waals surface area contributed by atoms with E-state index in [-0.39, 0.29) is 12.6 Å². The minimum Gasteiger partial charge on any atom is -0.481 e. The quantitative estimate of drug-likeness (QED) is 0.810. The maximum atomic E-state index is 12.2. The second kappa shape index (κ2) is 6.43. The molecule has 20 heavy (non-hydrogen) atoms. The Labute approximate surface area is 120 Å². The van der Waals surface area contributed by atoms with Crippen molar-refractivity contribution in [2.45, 2.75) is 32.1 Å². The number of rotatable bonds is 3. The zero-order chi connectivity index (χ0) is 14.6. The maximum absolute atomic E-state index is 12.2. The van der Waals surface area contributed by atoms with Crippen LogP contribution in [0.25, 0.3) is 0 Å². The van der Waals surface area contributed by atoms with Gasteiger partial charge in [-0.05, 0) is 32.9 Å². The molecule has 2 N–H and O–H groups in total. The summed E-state index contributed by atoms with van der Waals surface area (Å²) in [6.45, 7) is 3.59. The molecule has 0 aromatic heterocycles. The van der Waals surface area contributed by atoms with Crippen LogP contribution >= 0.6 is 0 Å². The molecule has 0 aromatic carbocycles. The molecule has 6 nitrogen and oxygen atoms in total. The van der Waals surface area contributed by atoms with Gasteiger partial charge in [0, 0.05) is 26.2 Å². The molecule has 2 rings (SSSR count). The molecule has 0 atom stereocenters. The lowest BCUT2D eigenvalue weighted by Crippen LogP contribution is -2.47. The highest BCUT2D eigenvalue weighted by molar-refractivity contribution is 5.78. The Hall–Kier alpha value is -1.30. The molecule has 0 spiro atoms. The standard InChI is InChI=1S/C14H25N3O3/c1-16-7-4-8-17(10-9-16)13(20)15-11-14(12(18)19)5-2-3-6-14/h2-11H2,1H3,(H,15,20)(H,18,19). The molecule has 0 aromatic rings. The van der Waals surface area contributed by atoms with Crippen LogP contribution in [0.2, 0.25) is 0 Å². The van der Waals surface area contributed by atoms with Gasteiger partial charge in [-0.2, -0.15) is 0 Å². The Morgan fingerprint density at radius 3 is 2.45 bits per heavy atom. The lowest BCUT2D eigenvalue weighted by atomic mass is 9.86. The van der Waals surface area contributed by atoms with Gasteiger partial charge in [0.1, 0.15) is 0 Å². The zero-order valence-corrected chi connectivity index (χ0v) is 12.2. The summed E-state index contributed by atoms with van der Waals surface area (Å²) in [7, 11) is 2.05. The fourth-order valence-corrected chi connectivity index (χ4v) is 3.12. The number of carboxylic acid groups (broad SMARTS) is 1. The fourth-order valence-electron chi connectivity index (χ4n) is 3.12. The fraction of sp³-hybridized carbons (Fsp3) is 0.857. The van der Waals surface area contributed by atoms with Crippen LogP contribution in [0.4, 0.5) is 4.79 Å². The van der Waals surface area contributed by atoms with E-state index >= 15 is 0 Å². The first-order valence-corrected chi connectivity index (χ1v) is 7.48. The number of likely N-dealkylation sites (N-methyl/N-ethyl adjacent to an activating group) is 1. The minimum absolute atomic E-state index is 0.118. The molecular formula is C14H25N3O3. The molecule has 0 radical (unpaired) electrons. The molecule has 0 bridgehead atoms. The molecule has 1 saturated carbocycles. The van der Waals surface area contributed by atoms with E-state index in [0.717, 1.165) is 38.9 Å². The highest BCUT2D eigenvalue weighted by Gasteiger charge is 2.41. The van der Waals surface area contributed by atoms with Gasteiger partial charge in [0.2, 0.25) is 0 Å². The summed E-state index contributed by atoms with van der Waals surface area (Å²) >= 11 is 0. The van der Waals surface area contributed by atoms with E-state index in [1.807, 2.05) is 0 Å². The highest BCUT2D eigenvalue weighted by atomic mass is 16.4. The lowest BCUT2D eigenvalue weighted by molar-refractivity contribution is -0.148. The summed E-state index contributed by atoms with van der Waals surface area (Å²) in [5, 5.41) is 12.2. The monoisotopic (exact) mass is 283 g/mol. The molecule has 6 heteroatoms. The normalized spacial score (nSPS) is 23.4. The first-order chi connectivity index (χ1) is 9.53. The van der Waals surface area contributed by atoms with E-state index in [1.165, 1.54) is 0 Å². The van der Waals surface area contributed by atoms with Crippen molar-refractivity contribution in [3.8, 4) is 0 Å². The Kier molecular flexibility index (Phi) is 4.86. The van der Waals surface area contributed by atoms with Crippen molar-refractivity contribution in [2.75, 3.05) is 39.8 Å². The third-order valence-electron chi connectivity index (χ3n) is 4.60. The van der Waals surface area contributed by atoms with Crippen molar-refractivity contribution in [3.63, 3.8) is 0 Å². The summed E-state index contributed by atoms with van der Waals surface area (Å²) in [5.41, 5.74) is -0.738. The van der Waals surface area contributed by atoms with Crippen LogP contribution < -0.4 is 5.32 Å². The van der Waals surface area contributed by atoms with Crippen molar-refractivity contribution in [1.29, 1.82) is 0 Å². The number of carbonyl (C=O) groups is 2. The Bertz CT molecular complexity index is 367. The van der Waals surface area contributed by atoms with Crippen molar-refractivity contribution in [3.05, 3.63) is 0 Å². The van der Waals surface area contributed by atoms with E-state index in [9.17, 15) is 14.7 Å². The first-order valence-electron chi connectivity index (χ1n) is 7.48. The van der Waals surface area contributed by atoms with Crippen LogP contribution in [0.5, 0.6) is 0 Å². The van der Waals surface area contributed by atoms with E-state index in [1.54, 1.807) is 4.90 Å². The summed E-state index contributed by atoms with van der Waals surface area (Å²) in [4.78, 5) is 27.6. The van der Waals surface area contributed by atoms with Gasteiger partial charge in [-0.25, -0.2) is 4.79 Å². The van der Waals surface area contributed by atoms with Crippen molar-refractivity contribution < 1.29 is 14.7 Å². The molecule has 2 amide bonds. The minimum atomic E-state index is -0.772. The lowest BCUT2D eigenvalue weighted by Gasteiger charge is -2.27. The van der Waals surface area contributed by atoms with Gasteiger partial charge in [0.25, 0.3) is 0 Å². The van der Waals surface area contributed by atoms with Gasteiger partial charge < -0.3 is 20.2 Å². The smallest absolute Gasteiger partial charge is 0.317 e. The van der Waals surface area contributed by atoms with Crippen molar-refractivity contribution >= 4 is 12.0 Å². The second-order valence-electron chi connectivity index (χ2n) is 6.10. The van der Waals surface area contributed by atoms with Crippen molar-refractivity contribution in [1.82, 2.24) is 15.1 Å². The first kappa shape index (κ1) is 15.1. The molecule has 1 saturated heterocycles. The predicted molar refractivity (Wildman–Crippen MR) is 75.6 cm³/mol. The molecular weight excluding hydrogens is 258 g/mol. The van der Waals surface area contributed by atoms with Gasteiger partial charge in [-0.15, -0.1) is 0 Å². The topological polar surface area (TPSA) is 72.9 Å². The van der Waals surface area contributed by atoms with Gasteiger partial charge in [0.15, 0.2) is 0 Å². The van der Waals surface area contributed by atoms with Crippen LogP contribution in [0, 0.1) is 5.41 Å². The molecule has 2 fully saturated rings. The summed E-state index contributed by atoms with van der Waals surface area (Å²) in [6.07, 6.45) is 4.19. The number of amides is 2. The van der Waals surface area contributed by atoms with E-state index in [2.05, 4.69) is 17.3 Å². The number of aliphatic carboxylic acids is 1. The number of carbonyl (C=O) groups excluding carboxylic acids is 1. The largest absolute Gasteiger partial charge is 0.481 e. The van der Waals surface area contributed by atoms with Crippen LogP contribution in [0.3, 0.4) is 0 Å². The SMILES string of the molecule is CN1CCCN(C(=O)NCC2(C(=O)O)CCCC2)CC1. The summed E-state index contributed by atoms with van der Waals surface area (Å²) in [5.74, 6) is -0.772. The van der Waals surface area contributed by atoms with Gasteiger partial charge >= 0.3 is 12.0 Å². The third kappa shape index (κ3) is 3.42. The van der Waals surface area contributed by atoms with Crippen LogP contribution in [0.15, 0.2) is 0 Å². The molecule has 114 valence electrons. The number of nitrogens with one attached hydrogen (secondary N) is 1. The molecule has 1 aliphatic heterocycles. The van der Waals surface area contributed by atoms with Crippen LogP contribution in [0.1, 0.15) is 32.1 Å². The molecule has 2 aliphatic rings. The molecule has 1 aliphatic carbocycles. The zero-order valence-electron chi connectivity index (χ0n) is 12.2. The highest BCUT2D eigenvalue weighted by Crippen LogP contribution is 2.37. The Morgan fingerprint density at radius 1 is 1.10 bits per heavy atom. The maximum Gasteiger partial charge on any atom is 0.317 e. The Balaban J connectivity index is 1.86. The summed E-state index contributed by atoms with van der Waals surface area (Å²) < 4.78 is 0. The average molecular weight is 283 g/mol. The van der Waals surface area contributed by atoms with E-state index in [4.69, 9.17) is 0 Å².